The van der Waals surface area contributed by atoms with Crippen molar-refractivity contribution in [3.05, 3.63) is 29.8 Å². The Labute approximate surface area is 122 Å². The maximum Gasteiger partial charge on any atom is 0.272 e. The zero-order valence-corrected chi connectivity index (χ0v) is 11.5. The fourth-order valence-electron chi connectivity index (χ4n) is 1.89. The molecule has 1 aromatic carbocycles. The molecule has 21 heavy (non-hydrogen) atoms. The Bertz CT molecular complexity index is 515. The zero-order chi connectivity index (χ0) is 15.1. The van der Waals surface area contributed by atoms with E-state index in [9.17, 15) is 4.79 Å². The van der Waals surface area contributed by atoms with Crippen molar-refractivity contribution in [3.63, 3.8) is 0 Å². The van der Waals surface area contributed by atoms with Gasteiger partial charge in [0.2, 0.25) is 0 Å². The SMILES string of the molecule is N/C(=N/O)c1ccccc1OCC(=O)NN1CCOCC1. The van der Waals surface area contributed by atoms with Gasteiger partial charge in [0.1, 0.15) is 5.75 Å². The summed E-state index contributed by atoms with van der Waals surface area (Å²) in [6, 6.07) is 6.76. The van der Waals surface area contributed by atoms with Crippen LogP contribution in [0.5, 0.6) is 5.75 Å². The number of nitrogens with zero attached hydrogens (tertiary/aromatic N) is 2. The number of benzene rings is 1. The van der Waals surface area contributed by atoms with Gasteiger partial charge in [0.15, 0.2) is 12.4 Å². The van der Waals surface area contributed by atoms with Gasteiger partial charge in [0, 0.05) is 13.1 Å². The standard InChI is InChI=1S/C13H18N4O4/c14-13(16-19)10-3-1-2-4-11(10)21-9-12(18)15-17-5-7-20-8-6-17/h1-4,19H,5-9H2,(H2,14,16)(H,15,18). The second kappa shape index (κ2) is 7.46. The van der Waals surface area contributed by atoms with Crippen molar-refractivity contribution in [2.75, 3.05) is 32.9 Å². The number of amides is 1. The second-order valence-electron chi connectivity index (χ2n) is 4.40. The smallest absolute Gasteiger partial charge is 0.272 e. The van der Waals surface area contributed by atoms with Crippen LogP contribution in [0.1, 0.15) is 5.56 Å². The van der Waals surface area contributed by atoms with Gasteiger partial charge < -0.3 is 20.4 Å². The summed E-state index contributed by atoms with van der Waals surface area (Å²) in [5.41, 5.74) is 8.71. The molecule has 114 valence electrons. The minimum atomic E-state index is -0.272. The number of nitrogens with one attached hydrogen (secondary N) is 1. The van der Waals surface area contributed by atoms with Gasteiger partial charge in [-0.2, -0.15) is 0 Å². The lowest BCUT2D eigenvalue weighted by Crippen LogP contribution is -2.49. The highest BCUT2D eigenvalue weighted by atomic mass is 16.5. The maximum absolute atomic E-state index is 11.8. The summed E-state index contributed by atoms with van der Waals surface area (Å²) >= 11 is 0. The van der Waals surface area contributed by atoms with Crippen LogP contribution < -0.4 is 15.9 Å². The molecule has 0 spiro atoms. The third kappa shape index (κ3) is 4.33. The Kier molecular flexibility index (Phi) is 5.35. The van der Waals surface area contributed by atoms with E-state index < -0.39 is 0 Å². The molecule has 2 rings (SSSR count). The molecule has 0 aromatic heterocycles. The highest BCUT2D eigenvalue weighted by Crippen LogP contribution is 2.17. The molecule has 1 heterocycles. The van der Waals surface area contributed by atoms with Crippen molar-refractivity contribution in [3.8, 4) is 5.75 Å². The number of hydrazine groups is 1. The Morgan fingerprint density at radius 1 is 1.43 bits per heavy atom. The molecule has 1 amide bonds. The summed E-state index contributed by atoms with van der Waals surface area (Å²) in [6.07, 6.45) is 0. The van der Waals surface area contributed by atoms with Gasteiger partial charge in [-0.25, -0.2) is 5.01 Å². The average Bonchev–Trinajstić information content (AvgIpc) is 2.53. The van der Waals surface area contributed by atoms with Gasteiger partial charge in [-0.05, 0) is 12.1 Å². The molecular weight excluding hydrogens is 276 g/mol. The monoisotopic (exact) mass is 294 g/mol. The lowest BCUT2D eigenvalue weighted by Gasteiger charge is -2.26. The molecule has 1 aromatic rings. The normalized spacial score (nSPS) is 16.5. The summed E-state index contributed by atoms with van der Waals surface area (Å²) < 4.78 is 10.6. The van der Waals surface area contributed by atoms with E-state index in [1.807, 2.05) is 0 Å². The molecule has 0 aliphatic carbocycles. The number of rotatable bonds is 5. The lowest BCUT2D eigenvalue weighted by atomic mass is 10.2. The minimum Gasteiger partial charge on any atom is -0.483 e. The fourth-order valence-corrected chi connectivity index (χ4v) is 1.89. The van der Waals surface area contributed by atoms with E-state index >= 15 is 0 Å². The Morgan fingerprint density at radius 3 is 2.86 bits per heavy atom. The molecule has 1 aliphatic rings. The number of hydrogen-bond acceptors (Lipinski definition) is 6. The first-order chi connectivity index (χ1) is 10.2. The van der Waals surface area contributed by atoms with Gasteiger partial charge in [-0.1, -0.05) is 17.3 Å². The lowest BCUT2D eigenvalue weighted by molar-refractivity contribution is -0.130. The van der Waals surface area contributed by atoms with Crippen molar-refractivity contribution in [2.24, 2.45) is 10.9 Å². The van der Waals surface area contributed by atoms with E-state index in [0.717, 1.165) is 0 Å². The number of nitrogens with two attached hydrogens (primary N) is 1. The van der Waals surface area contributed by atoms with Crippen LogP contribution in [0.4, 0.5) is 0 Å². The van der Waals surface area contributed by atoms with E-state index in [0.29, 0.717) is 37.6 Å². The van der Waals surface area contributed by atoms with E-state index in [1.54, 1.807) is 29.3 Å². The number of hydrogen-bond donors (Lipinski definition) is 3. The first-order valence-electron chi connectivity index (χ1n) is 6.52. The van der Waals surface area contributed by atoms with Crippen LogP contribution in [0, 0.1) is 0 Å². The van der Waals surface area contributed by atoms with Gasteiger partial charge in [-0.3, -0.25) is 10.2 Å². The number of ether oxygens (including phenoxy) is 2. The Hall–Kier alpha value is -2.32. The first kappa shape index (κ1) is 15.1. The van der Waals surface area contributed by atoms with Crippen LogP contribution in [0.25, 0.3) is 0 Å². The number of carbonyl (C=O) groups excluding carboxylic acids is 1. The van der Waals surface area contributed by atoms with Gasteiger partial charge in [-0.15, -0.1) is 0 Å². The van der Waals surface area contributed by atoms with Gasteiger partial charge >= 0.3 is 0 Å². The van der Waals surface area contributed by atoms with E-state index in [1.165, 1.54) is 0 Å². The van der Waals surface area contributed by atoms with Crippen LogP contribution in [-0.2, 0) is 9.53 Å². The Morgan fingerprint density at radius 2 is 2.14 bits per heavy atom. The summed E-state index contributed by atoms with van der Waals surface area (Å²) in [5, 5.41) is 13.4. The third-order valence-corrected chi connectivity index (χ3v) is 2.92. The van der Waals surface area contributed by atoms with Crippen LogP contribution in [0.3, 0.4) is 0 Å². The number of amidine groups is 1. The molecule has 0 bridgehead atoms. The number of oxime groups is 1. The zero-order valence-electron chi connectivity index (χ0n) is 11.5. The van der Waals surface area contributed by atoms with E-state index in [-0.39, 0.29) is 18.3 Å². The second-order valence-corrected chi connectivity index (χ2v) is 4.40. The van der Waals surface area contributed by atoms with Crippen molar-refractivity contribution in [1.29, 1.82) is 0 Å². The molecule has 4 N–H and O–H groups in total. The van der Waals surface area contributed by atoms with Crippen LogP contribution in [0.15, 0.2) is 29.4 Å². The van der Waals surface area contributed by atoms with Gasteiger partial charge in [0.05, 0.1) is 18.8 Å². The number of morpholine rings is 1. The molecule has 1 fully saturated rings. The van der Waals surface area contributed by atoms with Gasteiger partial charge in [0.25, 0.3) is 5.91 Å². The van der Waals surface area contributed by atoms with Crippen molar-refractivity contribution in [2.45, 2.75) is 0 Å². The largest absolute Gasteiger partial charge is 0.483 e. The van der Waals surface area contributed by atoms with Crippen molar-refractivity contribution < 1.29 is 19.5 Å². The molecule has 0 saturated carbocycles. The van der Waals surface area contributed by atoms with Crippen LogP contribution in [-0.4, -0.2) is 54.9 Å². The van der Waals surface area contributed by atoms with E-state index in [2.05, 4.69) is 10.6 Å². The molecule has 0 unspecified atom stereocenters. The summed E-state index contributed by atoms with van der Waals surface area (Å²) in [7, 11) is 0. The topological polar surface area (TPSA) is 109 Å². The third-order valence-electron chi connectivity index (χ3n) is 2.92. The highest BCUT2D eigenvalue weighted by Gasteiger charge is 2.14. The Balaban J connectivity index is 1.89. The number of para-hydroxylation sites is 1. The molecule has 8 heteroatoms. The molecule has 1 saturated heterocycles. The van der Waals surface area contributed by atoms with E-state index in [4.69, 9.17) is 20.4 Å². The highest BCUT2D eigenvalue weighted by molar-refractivity contribution is 5.99. The molecule has 1 aliphatic heterocycles. The summed E-state index contributed by atoms with van der Waals surface area (Å²) in [5.74, 6) is 0.0373. The number of carbonyl (C=O) groups is 1. The predicted molar refractivity (Wildman–Crippen MR) is 75.0 cm³/mol. The fraction of sp³-hybridized carbons (Fsp3) is 0.385. The van der Waals surface area contributed by atoms with Crippen LogP contribution >= 0.6 is 0 Å². The predicted octanol–water partition coefficient (Wildman–Crippen LogP) is -0.477. The summed E-state index contributed by atoms with van der Waals surface area (Å²) in [4.78, 5) is 11.8. The average molecular weight is 294 g/mol. The quantitative estimate of drug-likeness (QED) is 0.293. The first-order valence-corrected chi connectivity index (χ1v) is 6.52. The molecule has 0 radical (unpaired) electrons. The van der Waals surface area contributed by atoms with Crippen molar-refractivity contribution >= 4 is 11.7 Å². The molecular formula is C13H18N4O4. The molecule has 8 nitrogen and oxygen atoms in total. The summed E-state index contributed by atoms with van der Waals surface area (Å²) in [6.45, 7) is 2.31. The van der Waals surface area contributed by atoms with Crippen LogP contribution in [0.2, 0.25) is 0 Å². The van der Waals surface area contributed by atoms with Crippen molar-refractivity contribution in [1.82, 2.24) is 10.4 Å². The minimum absolute atomic E-state index is 0.0702. The molecule has 0 atom stereocenters. The maximum atomic E-state index is 11.8.